The zero-order valence-corrected chi connectivity index (χ0v) is 48.7. The van der Waals surface area contributed by atoms with E-state index in [9.17, 15) is 88.8 Å². The molecular weight excluding hydrogens is 1180 g/mol. The molecular formula is C54H60ClN7O19S3. The van der Waals surface area contributed by atoms with Gasteiger partial charge in [0.2, 0.25) is 23.5 Å². The van der Waals surface area contributed by atoms with Gasteiger partial charge in [0.05, 0.1) is 47.1 Å². The lowest BCUT2D eigenvalue weighted by Gasteiger charge is -2.55. The van der Waals surface area contributed by atoms with E-state index >= 15 is 0 Å². The minimum Gasteiger partial charge on any atom is -0.510 e. The minimum absolute atomic E-state index is 0. The zero-order valence-electron chi connectivity index (χ0n) is 45.4. The SMILES string of the molecule is CC(=O)OCC1=C(C(=O)O)N2C(=O)[C@@H](NC(=O)Cc3cccs3)[C@H]2SC1.CC1(C)S[C@@H]2[C@H](NC(=O)[C@H](N)c3ccccc3)C(=O)N2[C@H]1C(=O)O.CN(C)[C@@H]1C(O)=C(C(N)=O)C(=O)[C@@]2(O)C(O)=C3C(=O)c4c(O)cccc4[C@@](C)(O)[C@H]3[C@H](O)[C@@H]12.Cl. The summed E-state index contributed by atoms with van der Waals surface area (Å²) in [6, 6.07) is 11.8. The van der Waals surface area contributed by atoms with E-state index in [1.165, 1.54) is 90.8 Å². The molecule has 2 aromatic carbocycles. The fourth-order valence-electron chi connectivity index (χ4n) is 11.6. The van der Waals surface area contributed by atoms with Gasteiger partial charge in [-0.15, -0.1) is 47.3 Å². The first-order chi connectivity index (χ1) is 38.8. The molecule has 10 rings (SSSR count). The van der Waals surface area contributed by atoms with Gasteiger partial charge in [0.15, 0.2) is 11.4 Å². The highest BCUT2D eigenvalue weighted by molar-refractivity contribution is 8.01. The van der Waals surface area contributed by atoms with Gasteiger partial charge in [-0.2, -0.15) is 0 Å². The number of ether oxygens (including phenoxy) is 1. The Morgan fingerprint density at radius 3 is 2.10 bits per heavy atom. The molecule has 5 heterocycles. The number of carbonyl (C=O) groups excluding carboxylic acids is 8. The van der Waals surface area contributed by atoms with Crippen LogP contribution in [0.25, 0.3) is 0 Å². The molecule has 450 valence electrons. The predicted molar refractivity (Wildman–Crippen MR) is 302 cm³/mol. The van der Waals surface area contributed by atoms with Crippen LogP contribution in [0.15, 0.2) is 100.0 Å². The Hall–Kier alpha value is -7.35. The number of aliphatic carboxylic acids is 2. The van der Waals surface area contributed by atoms with E-state index in [4.69, 9.17) is 16.2 Å². The number of hydrogen-bond donors (Lipinski definition) is 12. The van der Waals surface area contributed by atoms with Crippen molar-refractivity contribution in [1.82, 2.24) is 25.3 Å². The molecule has 3 fully saturated rings. The van der Waals surface area contributed by atoms with Gasteiger partial charge >= 0.3 is 17.9 Å². The number of esters is 1. The Kier molecular flexibility index (Phi) is 18.3. The Balaban J connectivity index is 0.000000182. The number of thiophene rings is 1. The van der Waals surface area contributed by atoms with Crippen molar-refractivity contribution >= 4 is 106 Å². The number of nitrogens with zero attached hydrogens (tertiary/aromatic N) is 3. The van der Waals surface area contributed by atoms with Crippen molar-refractivity contribution in [2.45, 2.75) is 97.1 Å². The van der Waals surface area contributed by atoms with Gasteiger partial charge in [0, 0.05) is 27.9 Å². The number of aliphatic hydroxyl groups is 5. The number of nitrogens with one attached hydrogen (secondary N) is 2. The number of aromatic hydroxyl groups is 1. The number of aliphatic hydroxyl groups excluding tert-OH is 3. The van der Waals surface area contributed by atoms with Gasteiger partial charge in [0.25, 0.3) is 11.8 Å². The molecule has 12 atom stereocenters. The van der Waals surface area contributed by atoms with E-state index < -0.39 is 145 Å². The highest BCUT2D eigenvalue weighted by atomic mass is 35.5. The maximum atomic E-state index is 13.3. The molecule has 1 aromatic heterocycles. The summed E-state index contributed by atoms with van der Waals surface area (Å²) in [5.74, 6) is -13.7. The number of halogens is 1. The second-order valence-corrected chi connectivity index (χ2v) is 25.2. The quantitative estimate of drug-likeness (QED) is 0.0649. The van der Waals surface area contributed by atoms with Crippen LogP contribution in [-0.2, 0) is 59.9 Å². The van der Waals surface area contributed by atoms with Gasteiger partial charge < -0.3 is 72.6 Å². The molecule has 0 spiro atoms. The molecule has 5 amide bonds. The van der Waals surface area contributed by atoms with Crippen LogP contribution in [0, 0.1) is 11.8 Å². The number of phenols is 1. The molecule has 0 saturated carbocycles. The first-order valence-electron chi connectivity index (χ1n) is 25.4. The van der Waals surface area contributed by atoms with Crippen LogP contribution >= 0.6 is 47.3 Å². The average Bonchev–Trinajstić information content (AvgIpc) is 0.834. The lowest BCUT2D eigenvalue weighted by atomic mass is 9.54. The molecule has 14 N–H and O–H groups in total. The molecule has 26 nitrogen and oxygen atoms in total. The summed E-state index contributed by atoms with van der Waals surface area (Å²) < 4.78 is 4.26. The van der Waals surface area contributed by atoms with Crippen LogP contribution in [0.4, 0.5) is 0 Å². The summed E-state index contributed by atoms with van der Waals surface area (Å²) in [7, 11) is 2.85. The average molecular weight is 1240 g/mol. The number of phenolic OH excluding ortho intramolecular Hbond substituents is 1. The number of thioether (sulfide) groups is 2. The van der Waals surface area contributed by atoms with Gasteiger partial charge in [-0.05, 0) is 63.5 Å². The van der Waals surface area contributed by atoms with E-state index in [2.05, 4.69) is 10.6 Å². The topological polar surface area (TPSA) is 428 Å². The van der Waals surface area contributed by atoms with Crippen molar-refractivity contribution in [1.29, 1.82) is 0 Å². The van der Waals surface area contributed by atoms with Crippen LogP contribution in [0.1, 0.15) is 60.1 Å². The number of carboxylic acid groups (broad SMARTS) is 2. The number of β-lactam (4-membered cyclic amide) rings is 2. The number of ketones is 2. The number of benzene rings is 2. The largest absolute Gasteiger partial charge is 0.510 e. The third-order valence-corrected chi connectivity index (χ3v) is 19.2. The van der Waals surface area contributed by atoms with E-state index in [0.29, 0.717) is 16.9 Å². The Morgan fingerprint density at radius 2 is 1.52 bits per heavy atom. The highest BCUT2D eigenvalue weighted by Gasteiger charge is 2.70. The van der Waals surface area contributed by atoms with Crippen molar-refractivity contribution in [2.24, 2.45) is 23.3 Å². The second kappa shape index (κ2) is 24.0. The number of Topliss-reactive ketones (excluding diaryl/α,β-unsaturated/α-hetero) is 2. The number of hydrogen-bond acceptors (Lipinski definition) is 22. The van der Waals surface area contributed by atoms with Crippen LogP contribution in [-0.4, -0.2) is 192 Å². The van der Waals surface area contributed by atoms with Crippen molar-refractivity contribution in [3.8, 4) is 5.75 Å². The fraction of sp³-hybridized carbons (Fsp3) is 0.407. The zero-order chi connectivity index (χ0) is 61.3. The van der Waals surface area contributed by atoms with E-state index in [1.807, 2.05) is 23.6 Å². The highest BCUT2D eigenvalue weighted by Crippen LogP contribution is 2.57. The summed E-state index contributed by atoms with van der Waals surface area (Å²) >= 11 is 4.17. The number of fused-ring (bicyclic) bond motifs is 5. The van der Waals surface area contributed by atoms with Crippen molar-refractivity contribution < 1.29 is 93.5 Å². The normalized spacial score (nSPS) is 29.1. The summed E-state index contributed by atoms with van der Waals surface area (Å²) in [6.07, 6.45) is -1.69. The van der Waals surface area contributed by atoms with E-state index in [1.54, 1.807) is 38.1 Å². The number of nitrogens with two attached hydrogens (primary N) is 2. The van der Waals surface area contributed by atoms with Gasteiger partial charge in [-0.25, -0.2) is 9.59 Å². The van der Waals surface area contributed by atoms with Crippen molar-refractivity contribution in [2.75, 3.05) is 26.5 Å². The lowest BCUT2D eigenvalue weighted by Crippen LogP contribution is -2.71. The summed E-state index contributed by atoms with van der Waals surface area (Å²) in [6.45, 7) is 5.89. The lowest BCUT2D eigenvalue weighted by molar-refractivity contribution is -0.173. The first kappa shape index (κ1) is 64.2. The second-order valence-electron chi connectivity index (χ2n) is 21.3. The molecule has 4 aliphatic heterocycles. The maximum Gasteiger partial charge on any atom is 0.352 e. The number of rotatable bonds is 12. The van der Waals surface area contributed by atoms with Crippen molar-refractivity contribution in [3.05, 3.63) is 122 Å². The van der Waals surface area contributed by atoms with Gasteiger partial charge in [-0.1, -0.05) is 48.5 Å². The Labute approximate surface area is 496 Å². The van der Waals surface area contributed by atoms with E-state index in [0.717, 1.165) is 9.78 Å². The molecule has 0 unspecified atom stereocenters. The third-order valence-electron chi connectivity index (χ3n) is 15.4. The Morgan fingerprint density at radius 1 is 0.881 bits per heavy atom. The molecule has 0 bridgehead atoms. The summed E-state index contributed by atoms with van der Waals surface area (Å²) in [5, 5.41) is 91.7. The van der Waals surface area contributed by atoms with Crippen molar-refractivity contribution in [3.63, 3.8) is 0 Å². The molecule has 30 heteroatoms. The van der Waals surface area contributed by atoms with Crippen LogP contribution in [0.2, 0.25) is 0 Å². The molecule has 3 saturated heterocycles. The number of likely N-dealkylation sites (N-methyl/N-ethyl adjacent to an activating group) is 1. The molecule has 84 heavy (non-hydrogen) atoms. The number of carbonyl (C=O) groups is 10. The minimum atomic E-state index is -3.02. The maximum absolute atomic E-state index is 13.3. The summed E-state index contributed by atoms with van der Waals surface area (Å²) in [4.78, 5) is 126. The van der Waals surface area contributed by atoms with E-state index in [-0.39, 0.29) is 59.4 Å². The standard InChI is InChI=1S/C22H24N2O9.C16H19N3O4S.C16H16N2O6S2.ClH/c1-21(32)7-5-4-6-8(25)9(7)15(26)10-12(21)17(28)13-14(24(2)3)16(27)11(20(23)31)19(30)22(13,33)18(10)29;1-16(2)11(15(22)23)19-13(21)10(14(19)24-16)18-12(20)9(17)8-6-4-3-5-7-8;1-8(19)24-6-9-7-26-15-12(14(21)18(15)13(9)16(22)23)17-11(20)5-10-3-2-4-25-10;/h4-6,12-14,17,25,27-29,32-33H,1-3H3,(H2,23,31);3-7,9-11,14H,17H2,1-2H3,(H,18,20)(H,22,23);2-4,12,15H,5-7H2,1H3,(H,17,20)(H,22,23);1H/t12-,13-,14+,17+,21-,22+;9-,10-,11+,14-;12-,15-;/m111./s1. The third kappa shape index (κ3) is 10.9. The van der Waals surface area contributed by atoms with Crippen LogP contribution in [0.3, 0.4) is 0 Å². The molecule has 0 radical (unpaired) electrons. The first-order valence-corrected chi connectivity index (χ1v) is 28.2. The monoisotopic (exact) mass is 1240 g/mol. The van der Waals surface area contributed by atoms with Crippen LogP contribution < -0.4 is 22.1 Å². The number of primary amides is 1. The Bertz CT molecular complexity index is 3350. The molecule has 3 aliphatic carbocycles. The number of carboxylic acids is 2. The molecule has 3 aromatic rings. The van der Waals surface area contributed by atoms with Crippen LogP contribution in [0.5, 0.6) is 5.75 Å². The van der Waals surface area contributed by atoms with Gasteiger partial charge in [0.1, 0.15) is 70.1 Å². The number of amides is 5. The smallest absolute Gasteiger partial charge is 0.352 e. The van der Waals surface area contributed by atoms with Gasteiger partial charge in [-0.3, -0.25) is 48.2 Å². The fourth-order valence-corrected chi connectivity index (χ4v) is 15.2. The molecule has 7 aliphatic rings. The summed E-state index contributed by atoms with van der Waals surface area (Å²) in [5.41, 5.74) is 4.92. The predicted octanol–water partition coefficient (Wildman–Crippen LogP) is 0.0886.